The van der Waals surface area contributed by atoms with E-state index in [4.69, 9.17) is 27.6 Å². The Balaban J connectivity index is 1.62. The normalized spacial score (nSPS) is 10.9. The number of carbonyl (C=O) groups excluding carboxylic acids is 1. The van der Waals surface area contributed by atoms with Crippen LogP contribution in [0.25, 0.3) is 22.6 Å². The van der Waals surface area contributed by atoms with Gasteiger partial charge in [-0.15, -0.1) is 0 Å². The lowest BCUT2D eigenvalue weighted by molar-refractivity contribution is 0.102. The van der Waals surface area contributed by atoms with E-state index in [2.05, 4.69) is 32.9 Å². The third-order valence-electron chi connectivity index (χ3n) is 3.89. The number of nitrogens with one attached hydrogen (secondary N) is 1. The van der Waals surface area contributed by atoms with Crippen molar-refractivity contribution in [1.82, 2.24) is 4.98 Å². The maximum Gasteiger partial charge on any atom is 0.257 e. The predicted octanol–water partition coefficient (Wildman–Crippen LogP) is 6.66. The van der Waals surface area contributed by atoms with Crippen LogP contribution in [0.1, 0.15) is 10.4 Å². The molecule has 3 aromatic carbocycles. The maximum absolute atomic E-state index is 12.5. The summed E-state index contributed by atoms with van der Waals surface area (Å²) in [5.74, 6) is 0.213. The number of hydrogen-bond acceptors (Lipinski definition) is 3. The first-order chi connectivity index (χ1) is 13.0. The third-order valence-corrected chi connectivity index (χ3v) is 5.11. The Morgan fingerprint density at radius 2 is 1.89 bits per heavy atom. The average molecular weight is 509 g/mol. The van der Waals surface area contributed by atoms with Crippen molar-refractivity contribution in [3.63, 3.8) is 0 Å². The van der Waals surface area contributed by atoms with Crippen LogP contribution in [-0.4, -0.2) is 10.9 Å². The summed E-state index contributed by atoms with van der Waals surface area (Å²) >= 11 is 14.2. The molecule has 0 aliphatic rings. The number of amides is 1. The molecule has 0 atom stereocenters. The van der Waals surface area contributed by atoms with Crippen molar-refractivity contribution >= 4 is 68.5 Å². The van der Waals surface area contributed by atoms with Gasteiger partial charge in [0.1, 0.15) is 5.52 Å². The Bertz CT molecular complexity index is 1170. The largest absolute Gasteiger partial charge is 0.436 e. The highest BCUT2D eigenvalue weighted by Gasteiger charge is 2.13. The van der Waals surface area contributed by atoms with Crippen molar-refractivity contribution in [3.05, 3.63) is 79.8 Å². The second-order valence-electron chi connectivity index (χ2n) is 5.79. The van der Waals surface area contributed by atoms with Gasteiger partial charge in [-0.05, 0) is 77.2 Å². The van der Waals surface area contributed by atoms with Crippen LogP contribution in [0.4, 0.5) is 5.69 Å². The topological polar surface area (TPSA) is 55.1 Å². The van der Waals surface area contributed by atoms with E-state index in [1.807, 2.05) is 24.3 Å². The lowest BCUT2D eigenvalue weighted by Gasteiger charge is -2.06. The zero-order valence-electron chi connectivity index (χ0n) is 13.7. The van der Waals surface area contributed by atoms with Crippen molar-refractivity contribution in [3.8, 4) is 11.5 Å². The molecule has 0 spiro atoms. The van der Waals surface area contributed by atoms with Crippen LogP contribution in [0, 0.1) is 3.57 Å². The molecule has 134 valence electrons. The smallest absolute Gasteiger partial charge is 0.257 e. The van der Waals surface area contributed by atoms with Crippen molar-refractivity contribution in [2.24, 2.45) is 0 Å². The van der Waals surface area contributed by atoms with E-state index in [9.17, 15) is 4.79 Å². The molecule has 4 nitrogen and oxygen atoms in total. The molecule has 0 saturated heterocycles. The fourth-order valence-corrected chi connectivity index (χ4v) is 3.66. The fourth-order valence-electron chi connectivity index (χ4n) is 2.62. The van der Waals surface area contributed by atoms with E-state index in [1.54, 1.807) is 30.3 Å². The molecule has 4 rings (SSSR count). The highest BCUT2D eigenvalue weighted by molar-refractivity contribution is 14.1. The molecule has 0 aliphatic carbocycles. The first kappa shape index (κ1) is 18.3. The van der Waals surface area contributed by atoms with Gasteiger partial charge in [0.05, 0.1) is 10.6 Å². The lowest BCUT2D eigenvalue weighted by atomic mass is 10.2. The molecule has 4 aromatic rings. The first-order valence-electron chi connectivity index (χ1n) is 7.92. The fraction of sp³-hybridized carbons (Fsp3) is 0. The summed E-state index contributed by atoms with van der Waals surface area (Å²) in [6, 6.07) is 17.9. The monoisotopic (exact) mass is 508 g/mol. The van der Waals surface area contributed by atoms with Gasteiger partial charge in [0.15, 0.2) is 5.58 Å². The Labute approximate surface area is 178 Å². The standard InChI is InChI=1S/C20H11Cl2IN2O2/c21-12-4-6-15(16(22)9-12)19(26)24-14-5-7-18-17(10-14)25-20(27-18)11-2-1-3-13(23)8-11/h1-10H,(H,24,26). The van der Waals surface area contributed by atoms with Crippen LogP contribution in [-0.2, 0) is 0 Å². The van der Waals surface area contributed by atoms with Gasteiger partial charge < -0.3 is 9.73 Å². The second-order valence-corrected chi connectivity index (χ2v) is 7.88. The van der Waals surface area contributed by atoms with Crippen LogP contribution < -0.4 is 5.32 Å². The van der Waals surface area contributed by atoms with E-state index >= 15 is 0 Å². The summed E-state index contributed by atoms with van der Waals surface area (Å²) in [4.78, 5) is 17.0. The van der Waals surface area contributed by atoms with E-state index in [-0.39, 0.29) is 5.91 Å². The highest BCUT2D eigenvalue weighted by Crippen LogP contribution is 2.28. The van der Waals surface area contributed by atoms with E-state index in [0.717, 1.165) is 9.13 Å². The van der Waals surface area contributed by atoms with E-state index in [1.165, 1.54) is 6.07 Å². The van der Waals surface area contributed by atoms with E-state index < -0.39 is 0 Å². The number of fused-ring (bicyclic) bond motifs is 1. The lowest BCUT2D eigenvalue weighted by Crippen LogP contribution is -2.12. The Hall–Kier alpha value is -2.09. The molecule has 0 saturated carbocycles. The van der Waals surface area contributed by atoms with Gasteiger partial charge in [0, 0.05) is 19.8 Å². The summed E-state index contributed by atoms with van der Waals surface area (Å²) in [7, 11) is 0. The number of halogens is 3. The minimum absolute atomic E-state index is 0.295. The first-order valence-corrected chi connectivity index (χ1v) is 9.76. The van der Waals surface area contributed by atoms with Crippen LogP contribution in [0.2, 0.25) is 10.0 Å². The van der Waals surface area contributed by atoms with Crippen LogP contribution in [0.15, 0.2) is 65.1 Å². The molecular weight excluding hydrogens is 498 g/mol. The molecular formula is C20H11Cl2IN2O2. The maximum atomic E-state index is 12.5. The highest BCUT2D eigenvalue weighted by atomic mass is 127. The minimum Gasteiger partial charge on any atom is -0.436 e. The second kappa shape index (κ2) is 7.50. The Kier molecular flexibility index (Phi) is 5.08. The molecule has 0 fully saturated rings. The summed E-state index contributed by atoms with van der Waals surface area (Å²) in [5.41, 5.74) is 3.15. The van der Waals surface area contributed by atoms with Gasteiger partial charge in [0.2, 0.25) is 5.89 Å². The number of anilines is 1. The van der Waals surface area contributed by atoms with Crippen molar-refractivity contribution in [2.75, 3.05) is 5.32 Å². The number of rotatable bonds is 3. The zero-order chi connectivity index (χ0) is 19.0. The summed E-state index contributed by atoms with van der Waals surface area (Å²) < 4.78 is 6.92. The quantitative estimate of drug-likeness (QED) is 0.315. The van der Waals surface area contributed by atoms with Gasteiger partial charge in [-0.25, -0.2) is 4.98 Å². The van der Waals surface area contributed by atoms with Gasteiger partial charge in [0.25, 0.3) is 5.91 Å². The van der Waals surface area contributed by atoms with Gasteiger partial charge in [-0.1, -0.05) is 29.3 Å². The molecule has 0 bridgehead atoms. The predicted molar refractivity (Wildman–Crippen MR) is 117 cm³/mol. The number of aromatic nitrogens is 1. The van der Waals surface area contributed by atoms with Crippen molar-refractivity contribution in [1.29, 1.82) is 0 Å². The number of nitrogens with zero attached hydrogens (tertiary/aromatic N) is 1. The zero-order valence-corrected chi connectivity index (χ0v) is 17.3. The number of carbonyl (C=O) groups is 1. The molecule has 1 amide bonds. The molecule has 7 heteroatoms. The van der Waals surface area contributed by atoms with Gasteiger partial charge in [-0.2, -0.15) is 0 Å². The Morgan fingerprint density at radius 3 is 2.67 bits per heavy atom. The minimum atomic E-state index is -0.322. The van der Waals surface area contributed by atoms with E-state index in [0.29, 0.717) is 38.3 Å². The summed E-state index contributed by atoms with van der Waals surface area (Å²) in [5, 5.41) is 3.59. The van der Waals surface area contributed by atoms with Crippen molar-refractivity contribution < 1.29 is 9.21 Å². The molecule has 1 heterocycles. The third kappa shape index (κ3) is 3.95. The van der Waals surface area contributed by atoms with Crippen LogP contribution in [0.5, 0.6) is 0 Å². The van der Waals surface area contributed by atoms with Crippen LogP contribution in [0.3, 0.4) is 0 Å². The number of benzene rings is 3. The van der Waals surface area contributed by atoms with Crippen LogP contribution >= 0.6 is 45.8 Å². The molecule has 1 N–H and O–H groups in total. The average Bonchev–Trinajstić information content (AvgIpc) is 3.05. The van der Waals surface area contributed by atoms with Gasteiger partial charge in [-0.3, -0.25) is 4.79 Å². The Morgan fingerprint density at radius 1 is 1.04 bits per heavy atom. The number of oxazole rings is 1. The molecule has 0 radical (unpaired) electrons. The molecule has 27 heavy (non-hydrogen) atoms. The molecule has 0 unspecified atom stereocenters. The summed E-state index contributed by atoms with van der Waals surface area (Å²) in [6.45, 7) is 0. The SMILES string of the molecule is O=C(Nc1ccc2oc(-c3cccc(I)c3)nc2c1)c1ccc(Cl)cc1Cl. The molecule has 0 aliphatic heterocycles. The van der Waals surface area contributed by atoms with Gasteiger partial charge >= 0.3 is 0 Å². The molecule has 1 aromatic heterocycles. The van der Waals surface area contributed by atoms with Crippen molar-refractivity contribution in [2.45, 2.75) is 0 Å². The summed E-state index contributed by atoms with van der Waals surface area (Å²) in [6.07, 6.45) is 0. The number of hydrogen-bond donors (Lipinski definition) is 1.